The molecule has 0 atom stereocenters. The molecular weight excluding hydrogens is 320 g/mol. The number of aromatic nitrogens is 1. The van der Waals surface area contributed by atoms with E-state index in [1.807, 2.05) is 30.3 Å². The van der Waals surface area contributed by atoms with Crippen LogP contribution in [0.4, 0.5) is 10.5 Å². The summed E-state index contributed by atoms with van der Waals surface area (Å²) in [5, 5.41) is 2.71. The Kier molecular flexibility index (Phi) is 6.36. The maximum atomic E-state index is 12.1. The molecule has 0 spiro atoms. The Morgan fingerprint density at radius 3 is 2.48 bits per heavy atom. The van der Waals surface area contributed by atoms with Gasteiger partial charge in [0.15, 0.2) is 0 Å². The fraction of sp³-hybridized carbons (Fsp3) is 0.368. The summed E-state index contributed by atoms with van der Waals surface area (Å²) in [4.78, 5) is 16.2. The molecule has 6 nitrogen and oxygen atoms in total. The largest absolute Gasteiger partial charge is 0.480 e. The van der Waals surface area contributed by atoms with Crippen LogP contribution in [0, 0.1) is 0 Å². The summed E-state index contributed by atoms with van der Waals surface area (Å²) in [6, 6.07) is 11.6. The molecule has 1 aromatic heterocycles. The molecule has 0 unspecified atom stereocenters. The number of benzene rings is 1. The van der Waals surface area contributed by atoms with Crippen LogP contribution in [0.15, 0.2) is 42.6 Å². The van der Waals surface area contributed by atoms with Crippen LogP contribution >= 0.6 is 0 Å². The molecule has 25 heavy (non-hydrogen) atoms. The zero-order valence-corrected chi connectivity index (χ0v) is 15.0. The molecular formula is C19H24N2O4. The molecule has 0 radical (unpaired) electrons. The van der Waals surface area contributed by atoms with E-state index >= 15 is 0 Å². The van der Waals surface area contributed by atoms with E-state index in [1.54, 1.807) is 33.0 Å². The highest BCUT2D eigenvalue weighted by Gasteiger charge is 2.19. The van der Waals surface area contributed by atoms with Gasteiger partial charge in [-0.2, -0.15) is 0 Å². The van der Waals surface area contributed by atoms with Crippen LogP contribution in [0.25, 0.3) is 0 Å². The molecule has 134 valence electrons. The highest BCUT2D eigenvalue weighted by Crippen LogP contribution is 2.27. The van der Waals surface area contributed by atoms with Crippen LogP contribution in [0.5, 0.6) is 5.88 Å². The number of carbonyl (C=O) groups excluding carboxylic acids is 1. The Morgan fingerprint density at radius 1 is 1.12 bits per heavy atom. The molecule has 2 rings (SSSR count). The summed E-state index contributed by atoms with van der Waals surface area (Å²) < 4.78 is 16.3. The van der Waals surface area contributed by atoms with Crippen molar-refractivity contribution in [3.8, 4) is 5.88 Å². The number of amides is 1. The van der Waals surface area contributed by atoms with Crippen molar-refractivity contribution in [1.82, 2.24) is 4.98 Å². The maximum Gasteiger partial charge on any atom is 0.412 e. The number of rotatable bonds is 6. The first-order valence-electron chi connectivity index (χ1n) is 8.02. The number of anilines is 1. The minimum atomic E-state index is -0.594. The molecule has 0 saturated heterocycles. The van der Waals surface area contributed by atoms with Crippen molar-refractivity contribution in [2.75, 3.05) is 12.4 Å². The van der Waals surface area contributed by atoms with Gasteiger partial charge in [-0.3, -0.25) is 5.32 Å². The summed E-state index contributed by atoms with van der Waals surface area (Å²) in [5.74, 6) is 0.312. The molecule has 0 bridgehead atoms. The second kappa shape index (κ2) is 8.48. The van der Waals surface area contributed by atoms with E-state index in [1.165, 1.54) is 7.11 Å². The first-order chi connectivity index (χ1) is 11.9. The van der Waals surface area contributed by atoms with Gasteiger partial charge in [-0.05, 0) is 32.4 Å². The van der Waals surface area contributed by atoms with Crippen LogP contribution < -0.4 is 10.1 Å². The number of methoxy groups -OCH3 is 1. The summed E-state index contributed by atoms with van der Waals surface area (Å²) in [6.45, 7) is 6.18. The third kappa shape index (κ3) is 6.08. The van der Waals surface area contributed by atoms with Gasteiger partial charge in [0.1, 0.15) is 11.3 Å². The lowest BCUT2D eigenvalue weighted by Gasteiger charge is -2.21. The molecule has 2 aromatic rings. The minimum Gasteiger partial charge on any atom is -0.480 e. The minimum absolute atomic E-state index is 0.304. The van der Waals surface area contributed by atoms with Crippen molar-refractivity contribution >= 4 is 11.8 Å². The Balaban J connectivity index is 2.08. The fourth-order valence-corrected chi connectivity index (χ4v) is 2.15. The Hall–Kier alpha value is -2.60. The first-order valence-corrected chi connectivity index (χ1v) is 8.02. The van der Waals surface area contributed by atoms with Crippen molar-refractivity contribution in [1.29, 1.82) is 0 Å². The van der Waals surface area contributed by atoms with Crippen molar-refractivity contribution in [2.45, 2.75) is 39.6 Å². The lowest BCUT2D eigenvalue weighted by atomic mass is 10.2. The molecule has 0 aliphatic heterocycles. The molecule has 0 aliphatic carbocycles. The number of hydrogen-bond donors (Lipinski definition) is 1. The third-order valence-corrected chi connectivity index (χ3v) is 3.19. The topological polar surface area (TPSA) is 69.7 Å². The van der Waals surface area contributed by atoms with Crippen LogP contribution in [-0.2, 0) is 22.7 Å². The van der Waals surface area contributed by atoms with E-state index in [-0.39, 0.29) is 0 Å². The number of nitrogens with one attached hydrogen (secondary N) is 1. The molecule has 0 fully saturated rings. The number of carbonyl (C=O) groups is 1. The predicted octanol–water partition coefficient (Wildman–Crippen LogP) is 4.15. The summed E-state index contributed by atoms with van der Waals surface area (Å²) in [7, 11) is 1.50. The number of nitrogens with zero attached hydrogens (tertiary/aromatic N) is 1. The van der Waals surface area contributed by atoms with Gasteiger partial charge in [0, 0.05) is 11.8 Å². The van der Waals surface area contributed by atoms with Crippen molar-refractivity contribution < 1.29 is 19.0 Å². The van der Waals surface area contributed by atoms with Gasteiger partial charge in [0.05, 0.1) is 20.3 Å². The molecule has 1 heterocycles. The number of pyridine rings is 1. The van der Waals surface area contributed by atoms with E-state index in [9.17, 15) is 4.79 Å². The van der Waals surface area contributed by atoms with Crippen LogP contribution in [-0.4, -0.2) is 23.8 Å². The highest BCUT2D eigenvalue weighted by molar-refractivity contribution is 5.87. The third-order valence-electron chi connectivity index (χ3n) is 3.19. The molecule has 0 aliphatic rings. The predicted molar refractivity (Wildman–Crippen MR) is 95.6 cm³/mol. The Bertz CT molecular complexity index is 696. The number of hydrogen-bond acceptors (Lipinski definition) is 5. The first kappa shape index (κ1) is 18.7. The van der Waals surface area contributed by atoms with E-state index < -0.39 is 11.7 Å². The molecule has 6 heteroatoms. The van der Waals surface area contributed by atoms with Crippen LogP contribution in [0.1, 0.15) is 31.9 Å². The SMILES string of the molecule is COc1nccc(COCc2ccccc2)c1NC(=O)OC(C)(C)C. The van der Waals surface area contributed by atoms with Gasteiger partial charge >= 0.3 is 6.09 Å². The van der Waals surface area contributed by atoms with E-state index in [0.717, 1.165) is 11.1 Å². The van der Waals surface area contributed by atoms with Gasteiger partial charge in [-0.25, -0.2) is 9.78 Å². The van der Waals surface area contributed by atoms with Gasteiger partial charge < -0.3 is 14.2 Å². The quantitative estimate of drug-likeness (QED) is 0.852. The van der Waals surface area contributed by atoms with Crippen molar-refractivity contribution in [3.05, 3.63) is 53.7 Å². The standard InChI is InChI=1S/C19H24N2O4/c1-19(2,3)25-18(22)21-16-15(10-11-20-17(16)23-4)13-24-12-14-8-6-5-7-9-14/h5-11H,12-13H2,1-4H3,(H,21,22). The zero-order chi connectivity index (χ0) is 18.3. The normalized spacial score (nSPS) is 11.0. The molecule has 1 aromatic carbocycles. The second-order valence-electron chi connectivity index (χ2n) is 6.46. The second-order valence-corrected chi connectivity index (χ2v) is 6.46. The Labute approximate surface area is 148 Å². The van der Waals surface area contributed by atoms with Crippen molar-refractivity contribution in [3.63, 3.8) is 0 Å². The van der Waals surface area contributed by atoms with Gasteiger partial charge in [0.2, 0.25) is 5.88 Å². The monoisotopic (exact) mass is 344 g/mol. The van der Waals surface area contributed by atoms with Crippen LogP contribution in [0.2, 0.25) is 0 Å². The van der Waals surface area contributed by atoms with E-state index in [2.05, 4.69) is 10.3 Å². The van der Waals surface area contributed by atoms with Gasteiger partial charge in [-0.1, -0.05) is 30.3 Å². The fourth-order valence-electron chi connectivity index (χ4n) is 2.15. The average molecular weight is 344 g/mol. The molecule has 0 saturated carbocycles. The highest BCUT2D eigenvalue weighted by atomic mass is 16.6. The Morgan fingerprint density at radius 2 is 1.84 bits per heavy atom. The van der Waals surface area contributed by atoms with Crippen molar-refractivity contribution in [2.24, 2.45) is 0 Å². The molecule has 1 amide bonds. The average Bonchev–Trinajstić information content (AvgIpc) is 2.55. The number of ether oxygens (including phenoxy) is 3. The van der Waals surface area contributed by atoms with E-state index in [4.69, 9.17) is 14.2 Å². The lowest BCUT2D eigenvalue weighted by Crippen LogP contribution is -2.27. The zero-order valence-electron chi connectivity index (χ0n) is 15.0. The van der Waals surface area contributed by atoms with Gasteiger partial charge in [0.25, 0.3) is 0 Å². The molecule has 1 N–H and O–H groups in total. The lowest BCUT2D eigenvalue weighted by molar-refractivity contribution is 0.0634. The maximum absolute atomic E-state index is 12.1. The summed E-state index contributed by atoms with van der Waals surface area (Å²) in [6.07, 6.45) is 1.04. The van der Waals surface area contributed by atoms with Gasteiger partial charge in [-0.15, -0.1) is 0 Å². The summed E-state index contributed by atoms with van der Waals surface area (Å²) >= 11 is 0. The smallest absolute Gasteiger partial charge is 0.412 e. The van der Waals surface area contributed by atoms with Crippen LogP contribution in [0.3, 0.4) is 0 Å². The summed E-state index contributed by atoms with van der Waals surface area (Å²) in [5.41, 5.74) is 1.69. The van der Waals surface area contributed by atoms with E-state index in [0.29, 0.717) is 24.8 Å².